The minimum atomic E-state index is -0.556. The number of hydrogen-bond donors (Lipinski definition) is 3. The van der Waals surface area contributed by atoms with Gasteiger partial charge in [0.2, 0.25) is 0 Å². The maximum absolute atomic E-state index is 10.1. The smallest absolute Gasteiger partial charge is 0.0620 e. The van der Waals surface area contributed by atoms with Crippen molar-refractivity contribution in [1.29, 1.82) is 0 Å². The third-order valence-corrected chi connectivity index (χ3v) is 4.58. The van der Waals surface area contributed by atoms with Gasteiger partial charge in [-0.2, -0.15) is 23.5 Å². The van der Waals surface area contributed by atoms with Crippen LogP contribution in [-0.4, -0.2) is 57.1 Å². The molecule has 0 aliphatic heterocycles. The summed E-state index contributed by atoms with van der Waals surface area (Å²) in [5.41, 5.74) is -0.556. The Balaban J connectivity index is 3.38. The zero-order valence-corrected chi connectivity index (χ0v) is 12.4. The Kier molecular flexibility index (Phi) is 12.1. The van der Waals surface area contributed by atoms with E-state index in [1.54, 1.807) is 23.5 Å². The number of hydrogen-bond acceptors (Lipinski definition) is 5. The predicted molar refractivity (Wildman–Crippen MR) is 77.9 cm³/mol. The first-order valence-electron chi connectivity index (χ1n) is 6.22. The van der Waals surface area contributed by atoms with Crippen LogP contribution in [0.5, 0.6) is 0 Å². The summed E-state index contributed by atoms with van der Waals surface area (Å²) < 4.78 is 0. The Bertz CT molecular complexity index is 150. The van der Waals surface area contributed by atoms with Gasteiger partial charge < -0.3 is 15.3 Å². The van der Waals surface area contributed by atoms with Crippen LogP contribution in [0.4, 0.5) is 0 Å². The molecule has 0 spiro atoms. The molecule has 3 nitrogen and oxygen atoms in total. The molecule has 17 heavy (non-hydrogen) atoms. The molecule has 5 heteroatoms. The normalized spacial score (nSPS) is 12.0. The maximum Gasteiger partial charge on any atom is 0.0620 e. The Morgan fingerprint density at radius 1 is 0.824 bits per heavy atom. The van der Waals surface area contributed by atoms with E-state index in [0.29, 0.717) is 0 Å². The molecule has 0 saturated carbocycles. The number of thioether (sulfide) groups is 2. The zero-order valence-electron chi connectivity index (χ0n) is 10.7. The molecular weight excluding hydrogens is 256 g/mol. The van der Waals surface area contributed by atoms with Gasteiger partial charge in [-0.05, 0) is 44.1 Å². The molecule has 0 bridgehead atoms. The van der Waals surface area contributed by atoms with E-state index in [9.17, 15) is 5.11 Å². The highest BCUT2D eigenvalue weighted by Gasteiger charge is 2.18. The molecule has 0 unspecified atom stereocenters. The van der Waals surface area contributed by atoms with Crippen LogP contribution in [-0.2, 0) is 0 Å². The van der Waals surface area contributed by atoms with Gasteiger partial charge in [0.1, 0.15) is 0 Å². The quantitative estimate of drug-likeness (QED) is 0.476. The second kappa shape index (κ2) is 11.7. The van der Waals surface area contributed by atoms with Crippen LogP contribution in [0.2, 0.25) is 0 Å². The van der Waals surface area contributed by atoms with E-state index in [-0.39, 0.29) is 13.2 Å². The van der Waals surface area contributed by atoms with Crippen LogP contribution in [0, 0.1) is 0 Å². The van der Waals surface area contributed by atoms with Crippen molar-refractivity contribution in [2.75, 3.05) is 36.2 Å². The predicted octanol–water partition coefficient (Wildman–Crippen LogP) is 1.75. The van der Waals surface area contributed by atoms with Crippen molar-refractivity contribution in [3.05, 3.63) is 0 Å². The minimum absolute atomic E-state index is 0.239. The van der Waals surface area contributed by atoms with Gasteiger partial charge in [-0.3, -0.25) is 0 Å². The van der Waals surface area contributed by atoms with Crippen LogP contribution in [0.25, 0.3) is 0 Å². The summed E-state index contributed by atoms with van der Waals surface area (Å²) >= 11 is 3.47. The lowest BCUT2D eigenvalue weighted by Crippen LogP contribution is -2.24. The van der Waals surface area contributed by atoms with Crippen molar-refractivity contribution < 1.29 is 15.3 Å². The van der Waals surface area contributed by atoms with Crippen molar-refractivity contribution in [2.45, 2.75) is 38.2 Å². The summed E-state index contributed by atoms with van der Waals surface area (Å²) in [5.74, 6) is 3.60. The van der Waals surface area contributed by atoms with Crippen LogP contribution < -0.4 is 0 Å². The van der Waals surface area contributed by atoms with Gasteiger partial charge in [-0.15, -0.1) is 0 Å². The summed E-state index contributed by atoms with van der Waals surface area (Å²) in [6.45, 7) is 2.38. The molecule has 0 fully saturated rings. The highest BCUT2D eigenvalue weighted by molar-refractivity contribution is 7.99. The molecular formula is C12H26O3S2. The SMILES string of the molecule is CC(O)(CCCSCCO)CCCSCCO. The van der Waals surface area contributed by atoms with E-state index >= 15 is 0 Å². The van der Waals surface area contributed by atoms with E-state index in [1.807, 2.05) is 6.92 Å². The molecule has 0 aromatic carbocycles. The Hall–Kier alpha value is 0.580. The van der Waals surface area contributed by atoms with E-state index in [1.165, 1.54) is 0 Å². The number of rotatable bonds is 12. The summed E-state index contributed by atoms with van der Waals surface area (Å²) in [6, 6.07) is 0. The lowest BCUT2D eigenvalue weighted by molar-refractivity contribution is 0.0411. The average molecular weight is 282 g/mol. The van der Waals surface area contributed by atoms with Crippen molar-refractivity contribution in [2.24, 2.45) is 0 Å². The van der Waals surface area contributed by atoms with Gasteiger partial charge in [0.15, 0.2) is 0 Å². The molecule has 0 aromatic rings. The maximum atomic E-state index is 10.1. The van der Waals surface area contributed by atoms with Crippen molar-refractivity contribution in [3.8, 4) is 0 Å². The summed E-state index contributed by atoms with van der Waals surface area (Å²) in [5, 5.41) is 27.4. The van der Waals surface area contributed by atoms with E-state index in [0.717, 1.165) is 48.7 Å². The van der Waals surface area contributed by atoms with Gasteiger partial charge in [0, 0.05) is 11.5 Å². The molecule has 0 aliphatic carbocycles. The monoisotopic (exact) mass is 282 g/mol. The first kappa shape index (κ1) is 17.6. The third kappa shape index (κ3) is 12.8. The number of aliphatic hydroxyl groups excluding tert-OH is 2. The molecule has 0 heterocycles. The van der Waals surface area contributed by atoms with E-state index in [4.69, 9.17) is 10.2 Å². The van der Waals surface area contributed by atoms with Crippen LogP contribution in [0.1, 0.15) is 32.6 Å². The highest BCUT2D eigenvalue weighted by atomic mass is 32.2. The van der Waals surface area contributed by atoms with E-state index in [2.05, 4.69) is 0 Å². The Labute approximate surface area is 113 Å². The largest absolute Gasteiger partial charge is 0.396 e. The van der Waals surface area contributed by atoms with Crippen molar-refractivity contribution in [1.82, 2.24) is 0 Å². The lowest BCUT2D eigenvalue weighted by Gasteiger charge is -2.23. The van der Waals surface area contributed by atoms with Crippen LogP contribution >= 0.6 is 23.5 Å². The first-order valence-corrected chi connectivity index (χ1v) is 8.53. The van der Waals surface area contributed by atoms with Crippen LogP contribution in [0.15, 0.2) is 0 Å². The highest BCUT2D eigenvalue weighted by Crippen LogP contribution is 2.21. The summed E-state index contributed by atoms with van der Waals surface area (Å²) in [6.07, 6.45) is 3.66. The van der Waals surface area contributed by atoms with Crippen molar-refractivity contribution in [3.63, 3.8) is 0 Å². The molecule has 104 valence electrons. The molecule has 0 saturated heterocycles. The minimum Gasteiger partial charge on any atom is -0.396 e. The lowest BCUT2D eigenvalue weighted by atomic mass is 9.95. The standard InChI is InChI=1S/C12H26O3S2/c1-12(15,4-2-8-16-10-6-13)5-3-9-17-11-7-14/h13-15H,2-11H2,1H3. The molecule has 3 N–H and O–H groups in total. The topological polar surface area (TPSA) is 60.7 Å². The summed E-state index contributed by atoms with van der Waals surface area (Å²) in [4.78, 5) is 0. The van der Waals surface area contributed by atoms with E-state index < -0.39 is 5.60 Å². The molecule has 0 radical (unpaired) electrons. The van der Waals surface area contributed by atoms with Gasteiger partial charge in [-0.25, -0.2) is 0 Å². The molecule has 0 aliphatic rings. The third-order valence-electron chi connectivity index (χ3n) is 2.48. The van der Waals surface area contributed by atoms with Gasteiger partial charge in [-0.1, -0.05) is 0 Å². The van der Waals surface area contributed by atoms with Gasteiger partial charge >= 0.3 is 0 Å². The molecule has 0 rings (SSSR count). The van der Waals surface area contributed by atoms with Crippen molar-refractivity contribution >= 4 is 23.5 Å². The van der Waals surface area contributed by atoms with Gasteiger partial charge in [0.25, 0.3) is 0 Å². The second-order valence-electron chi connectivity index (χ2n) is 4.38. The molecule has 0 aromatic heterocycles. The second-order valence-corrected chi connectivity index (χ2v) is 6.83. The Morgan fingerprint density at radius 3 is 1.59 bits per heavy atom. The van der Waals surface area contributed by atoms with Gasteiger partial charge in [0.05, 0.1) is 18.8 Å². The first-order chi connectivity index (χ1) is 8.12. The Morgan fingerprint density at radius 2 is 1.24 bits per heavy atom. The molecule has 0 atom stereocenters. The zero-order chi connectivity index (χ0) is 13.0. The fourth-order valence-corrected chi connectivity index (χ4v) is 2.93. The van der Waals surface area contributed by atoms with Crippen LogP contribution in [0.3, 0.4) is 0 Å². The summed E-state index contributed by atoms with van der Waals surface area (Å²) in [7, 11) is 0. The number of aliphatic hydroxyl groups is 3. The fraction of sp³-hybridized carbons (Fsp3) is 1.00. The fourth-order valence-electron chi connectivity index (χ4n) is 1.57. The average Bonchev–Trinajstić information content (AvgIpc) is 2.28. The molecule has 0 amide bonds.